The maximum absolute atomic E-state index is 12.1. The highest BCUT2D eigenvalue weighted by Gasteiger charge is 2.18. The number of pyridine rings is 1. The average Bonchev–Trinajstić information content (AvgIpc) is 2.87. The number of rotatable bonds is 4. The van der Waals surface area contributed by atoms with Crippen LogP contribution >= 0.6 is 0 Å². The number of esters is 1. The minimum absolute atomic E-state index is 0.0238. The van der Waals surface area contributed by atoms with Gasteiger partial charge in [-0.2, -0.15) is 0 Å². The van der Waals surface area contributed by atoms with E-state index in [0.29, 0.717) is 5.69 Å². The number of aromatic nitrogens is 2. The zero-order valence-electron chi connectivity index (χ0n) is 11.8. The lowest BCUT2D eigenvalue weighted by molar-refractivity contribution is 0.0595. The van der Waals surface area contributed by atoms with Crippen LogP contribution in [0.5, 0.6) is 0 Å². The summed E-state index contributed by atoms with van der Waals surface area (Å²) >= 11 is 0. The molecule has 1 amide bonds. The molecule has 22 heavy (non-hydrogen) atoms. The fourth-order valence-electron chi connectivity index (χ4n) is 1.79. The summed E-state index contributed by atoms with van der Waals surface area (Å²) in [7, 11) is 1.23. The van der Waals surface area contributed by atoms with Crippen LogP contribution in [0.2, 0.25) is 0 Å². The van der Waals surface area contributed by atoms with Gasteiger partial charge in [0, 0.05) is 11.9 Å². The zero-order valence-corrected chi connectivity index (χ0v) is 11.8. The Morgan fingerprint density at radius 3 is 2.59 bits per heavy atom. The highest BCUT2D eigenvalue weighted by molar-refractivity contribution is 6.06. The molecule has 0 aliphatic rings. The number of H-pyrrole nitrogens is 1. The Hall–Kier alpha value is -3.16. The Balaban J connectivity index is 2.22. The molecule has 0 saturated carbocycles. The second-order valence-electron chi connectivity index (χ2n) is 4.42. The molecule has 2 aromatic rings. The van der Waals surface area contributed by atoms with E-state index in [9.17, 15) is 14.4 Å². The van der Waals surface area contributed by atoms with E-state index < -0.39 is 17.8 Å². The largest absolute Gasteiger partial charge is 0.478 e. The average molecular weight is 303 g/mol. The number of hydrogen-bond acceptors (Lipinski definition) is 5. The van der Waals surface area contributed by atoms with Gasteiger partial charge in [0.15, 0.2) is 0 Å². The molecule has 0 atom stereocenters. The Labute approximate surface area is 125 Å². The van der Waals surface area contributed by atoms with Crippen molar-refractivity contribution >= 4 is 23.5 Å². The van der Waals surface area contributed by atoms with Gasteiger partial charge >= 0.3 is 11.9 Å². The minimum Gasteiger partial charge on any atom is -0.478 e. The molecule has 0 fully saturated rings. The van der Waals surface area contributed by atoms with Crippen molar-refractivity contribution in [3.05, 3.63) is 47.0 Å². The maximum Gasteiger partial charge on any atom is 0.356 e. The molecule has 0 bridgehead atoms. The number of aromatic amines is 1. The van der Waals surface area contributed by atoms with Gasteiger partial charge in [-0.05, 0) is 25.1 Å². The summed E-state index contributed by atoms with van der Waals surface area (Å²) in [6.07, 6.45) is 1.08. The normalized spacial score (nSPS) is 10.1. The Morgan fingerprint density at radius 1 is 1.32 bits per heavy atom. The van der Waals surface area contributed by atoms with Crippen molar-refractivity contribution in [2.75, 3.05) is 12.4 Å². The number of aryl methyl sites for hydroxylation is 1. The van der Waals surface area contributed by atoms with Gasteiger partial charge in [0.25, 0.3) is 5.91 Å². The second-order valence-corrected chi connectivity index (χ2v) is 4.42. The van der Waals surface area contributed by atoms with Gasteiger partial charge in [0.05, 0.1) is 18.4 Å². The summed E-state index contributed by atoms with van der Waals surface area (Å²) in [5.41, 5.74) is 1.06. The molecule has 2 rings (SSSR count). The Morgan fingerprint density at radius 2 is 2.05 bits per heavy atom. The van der Waals surface area contributed by atoms with Crippen LogP contribution in [-0.4, -0.2) is 40.0 Å². The molecule has 0 spiro atoms. The fraction of sp³-hybridized carbons (Fsp3) is 0.143. The molecule has 3 N–H and O–H groups in total. The number of aromatic carboxylic acids is 1. The monoisotopic (exact) mass is 303 g/mol. The molecule has 2 aromatic heterocycles. The van der Waals surface area contributed by atoms with Gasteiger partial charge in [0.1, 0.15) is 11.4 Å². The topological polar surface area (TPSA) is 121 Å². The first-order chi connectivity index (χ1) is 10.4. The van der Waals surface area contributed by atoms with Crippen molar-refractivity contribution in [2.24, 2.45) is 0 Å². The summed E-state index contributed by atoms with van der Waals surface area (Å²) in [5, 5.41) is 11.3. The number of amides is 1. The van der Waals surface area contributed by atoms with Crippen LogP contribution in [-0.2, 0) is 4.74 Å². The molecular formula is C14H13N3O5. The van der Waals surface area contributed by atoms with Crippen LogP contribution < -0.4 is 5.32 Å². The third-order valence-corrected chi connectivity index (χ3v) is 2.83. The predicted octanol–water partition coefficient (Wildman–Crippen LogP) is 1.46. The van der Waals surface area contributed by atoms with Crippen LogP contribution in [0.15, 0.2) is 24.4 Å². The van der Waals surface area contributed by atoms with Crippen molar-refractivity contribution in [1.29, 1.82) is 0 Å². The molecule has 0 saturated heterocycles. The third kappa shape index (κ3) is 3.11. The van der Waals surface area contributed by atoms with Crippen molar-refractivity contribution < 1.29 is 24.2 Å². The second kappa shape index (κ2) is 6.08. The van der Waals surface area contributed by atoms with Gasteiger partial charge < -0.3 is 20.1 Å². The first kappa shape index (κ1) is 15.2. The highest BCUT2D eigenvalue weighted by atomic mass is 16.5. The smallest absolute Gasteiger partial charge is 0.356 e. The standard InChI is InChI=1S/C14H13N3O5/c1-7-5-10(11(16-7)14(21)22-2)17-12(18)9-4-3-8(6-15-9)13(19)20/h3-6,16H,1-2H3,(H,17,18)(H,19,20). The van der Waals surface area contributed by atoms with Gasteiger partial charge in [-0.1, -0.05) is 0 Å². The molecule has 114 valence electrons. The van der Waals surface area contributed by atoms with Gasteiger partial charge in [-0.3, -0.25) is 9.78 Å². The van der Waals surface area contributed by atoms with E-state index in [0.717, 1.165) is 6.20 Å². The number of ether oxygens (including phenoxy) is 1. The van der Waals surface area contributed by atoms with Gasteiger partial charge in [-0.15, -0.1) is 0 Å². The Kier molecular flexibility index (Phi) is 4.21. The molecule has 2 heterocycles. The number of nitrogens with one attached hydrogen (secondary N) is 2. The van der Waals surface area contributed by atoms with Crippen molar-refractivity contribution in [3.63, 3.8) is 0 Å². The number of carboxylic acid groups (broad SMARTS) is 1. The molecular weight excluding hydrogens is 290 g/mol. The van der Waals surface area contributed by atoms with Crippen LogP contribution in [0.3, 0.4) is 0 Å². The van der Waals surface area contributed by atoms with Crippen molar-refractivity contribution in [1.82, 2.24) is 9.97 Å². The van der Waals surface area contributed by atoms with Gasteiger partial charge in [0.2, 0.25) is 0 Å². The molecule has 0 radical (unpaired) electrons. The summed E-state index contributed by atoms with van der Waals surface area (Å²) in [6, 6.07) is 4.14. The highest BCUT2D eigenvalue weighted by Crippen LogP contribution is 2.18. The maximum atomic E-state index is 12.1. The quantitative estimate of drug-likeness (QED) is 0.735. The number of anilines is 1. The van der Waals surface area contributed by atoms with E-state index in [2.05, 4.69) is 20.0 Å². The van der Waals surface area contributed by atoms with Crippen LogP contribution in [0.4, 0.5) is 5.69 Å². The lowest BCUT2D eigenvalue weighted by Crippen LogP contribution is -2.16. The SMILES string of the molecule is COC(=O)c1[nH]c(C)cc1NC(=O)c1ccc(C(=O)O)cn1. The molecule has 0 aliphatic heterocycles. The number of carboxylic acids is 1. The summed E-state index contributed by atoms with van der Waals surface area (Å²) < 4.78 is 4.62. The molecule has 0 aliphatic carbocycles. The summed E-state index contributed by atoms with van der Waals surface area (Å²) in [4.78, 5) is 41.0. The Bertz CT molecular complexity index is 733. The van der Waals surface area contributed by atoms with Crippen LogP contribution in [0.25, 0.3) is 0 Å². The van der Waals surface area contributed by atoms with Crippen LogP contribution in [0, 0.1) is 6.92 Å². The molecule has 8 nitrogen and oxygen atoms in total. The van der Waals surface area contributed by atoms with Crippen LogP contribution in [0.1, 0.15) is 37.0 Å². The number of carbonyl (C=O) groups is 3. The molecule has 0 unspecified atom stereocenters. The van der Waals surface area contributed by atoms with E-state index >= 15 is 0 Å². The van der Waals surface area contributed by atoms with E-state index in [4.69, 9.17) is 5.11 Å². The van der Waals surface area contributed by atoms with Crippen molar-refractivity contribution in [3.8, 4) is 0 Å². The predicted molar refractivity (Wildman–Crippen MR) is 76.0 cm³/mol. The first-order valence-corrected chi connectivity index (χ1v) is 6.21. The summed E-state index contributed by atoms with van der Waals surface area (Å²) in [5.74, 6) is -2.31. The lowest BCUT2D eigenvalue weighted by Gasteiger charge is -2.05. The van der Waals surface area contributed by atoms with E-state index in [-0.39, 0.29) is 22.6 Å². The number of nitrogens with zero attached hydrogens (tertiary/aromatic N) is 1. The van der Waals surface area contributed by atoms with E-state index in [1.165, 1.54) is 19.2 Å². The number of hydrogen-bond donors (Lipinski definition) is 3. The van der Waals surface area contributed by atoms with E-state index in [1.54, 1.807) is 13.0 Å². The fourth-order valence-corrected chi connectivity index (χ4v) is 1.79. The number of carbonyl (C=O) groups excluding carboxylic acids is 2. The third-order valence-electron chi connectivity index (χ3n) is 2.83. The zero-order chi connectivity index (χ0) is 16.3. The lowest BCUT2D eigenvalue weighted by atomic mass is 10.2. The van der Waals surface area contributed by atoms with E-state index in [1.807, 2.05) is 0 Å². The number of methoxy groups -OCH3 is 1. The molecule has 8 heteroatoms. The first-order valence-electron chi connectivity index (χ1n) is 6.21. The van der Waals surface area contributed by atoms with Crippen molar-refractivity contribution in [2.45, 2.75) is 6.92 Å². The summed E-state index contributed by atoms with van der Waals surface area (Å²) in [6.45, 7) is 1.72. The molecule has 0 aromatic carbocycles. The van der Waals surface area contributed by atoms with Gasteiger partial charge in [-0.25, -0.2) is 9.59 Å². The minimum atomic E-state index is -1.13.